The maximum atomic E-state index is 13.6. The van der Waals surface area contributed by atoms with Crippen LogP contribution in [0.1, 0.15) is 19.7 Å². The largest absolute Gasteiger partial charge is 0.341 e. The second-order valence-corrected chi connectivity index (χ2v) is 4.40. The molecule has 0 amide bonds. The molecule has 0 spiro atoms. The molecule has 0 aliphatic heterocycles. The number of hydrogen-bond donors (Lipinski definition) is 2. The normalized spacial score (nSPS) is 11.2. The van der Waals surface area contributed by atoms with Gasteiger partial charge in [-0.25, -0.2) is 13.8 Å². The molecule has 18 heavy (non-hydrogen) atoms. The number of nitrogens with zero attached hydrogens (tertiary/aromatic N) is 1. The van der Waals surface area contributed by atoms with E-state index >= 15 is 0 Å². The predicted molar refractivity (Wildman–Crippen MR) is 65.9 cm³/mol. The molecule has 1 aromatic carbocycles. The minimum atomic E-state index is -0.595. The maximum Gasteiger partial charge on any atom is 0.135 e. The van der Waals surface area contributed by atoms with Gasteiger partial charge in [0.2, 0.25) is 0 Å². The second-order valence-electron chi connectivity index (χ2n) is 4.40. The Labute approximate surface area is 104 Å². The van der Waals surface area contributed by atoms with Crippen molar-refractivity contribution in [1.29, 1.82) is 0 Å². The molecule has 2 rings (SSSR count). The average Bonchev–Trinajstić information content (AvgIpc) is 2.75. The third-order valence-electron chi connectivity index (χ3n) is 2.53. The first-order valence-corrected chi connectivity index (χ1v) is 5.79. The monoisotopic (exact) mass is 251 g/mol. The molecule has 0 radical (unpaired) electrons. The fourth-order valence-corrected chi connectivity index (χ4v) is 1.60. The highest BCUT2D eigenvalue weighted by Gasteiger charge is 2.09. The molecular formula is C13H15F2N3. The van der Waals surface area contributed by atoms with Crippen LogP contribution in [0.5, 0.6) is 0 Å². The Balaban J connectivity index is 2.18. The van der Waals surface area contributed by atoms with Crippen LogP contribution in [0, 0.1) is 11.6 Å². The fourth-order valence-electron chi connectivity index (χ4n) is 1.60. The van der Waals surface area contributed by atoms with Crippen LogP contribution in [-0.4, -0.2) is 16.0 Å². The van der Waals surface area contributed by atoms with Gasteiger partial charge in [-0.3, -0.25) is 0 Å². The van der Waals surface area contributed by atoms with Gasteiger partial charge in [-0.15, -0.1) is 0 Å². The van der Waals surface area contributed by atoms with Crippen LogP contribution in [0.2, 0.25) is 0 Å². The molecule has 0 aliphatic carbocycles. The van der Waals surface area contributed by atoms with Crippen LogP contribution in [0.25, 0.3) is 11.3 Å². The van der Waals surface area contributed by atoms with Crippen molar-refractivity contribution in [1.82, 2.24) is 15.3 Å². The summed E-state index contributed by atoms with van der Waals surface area (Å²) >= 11 is 0. The van der Waals surface area contributed by atoms with Crippen molar-refractivity contribution < 1.29 is 8.78 Å². The summed E-state index contributed by atoms with van der Waals surface area (Å²) < 4.78 is 26.4. The highest BCUT2D eigenvalue weighted by atomic mass is 19.1. The van der Waals surface area contributed by atoms with Gasteiger partial charge in [-0.05, 0) is 12.1 Å². The van der Waals surface area contributed by atoms with Gasteiger partial charge in [-0.2, -0.15) is 0 Å². The van der Waals surface area contributed by atoms with Crippen molar-refractivity contribution in [2.24, 2.45) is 0 Å². The Bertz CT molecular complexity index is 535. The fraction of sp³-hybridized carbons (Fsp3) is 0.308. The van der Waals surface area contributed by atoms with Gasteiger partial charge in [0.05, 0.1) is 18.4 Å². The molecule has 96 valence electrons. The van der Waals surface area contributed by atoms with E-state index in [1.165, 1.54) is 12.1 Å². The van der Waals surface area contributed by atoms with Gasteiger partial charge in [0.15, 0.2) is 0 Å². The summed E-state index contributed by atoms with van der Waals surface area (Å²) in [5.74, 6) is -0.457. The summed E-state index contributed by atoms with van der Waals surface area (Å²) in [6, 6.07) is 3.84. The highest BCUT2D eigenvalue weighted by Crippen LogP contribution is 2.21. The van der Waals surface area contributed by atoms with Crippen molar-refractivity contribution in [3.8, 4) is 11.3 Å². The van der Waals surface area contributed by atoms with Crippen molar-refractivity contribution in [3.05, 3.63) is 41.9 Å². The predicted octanol–water partition coefficient (Wildman–Crippen LogP) is 2.85. The molecule has 2 N–H and O–H groups in total. The zero-order valence-corrected chi connectivity index (χ0v) is 10.3. The standard InChI is InChI=1S/C13H15F2N3/c1-8(2)16-7-13-17-6-12(18-13)10-4-3-9(14)5-11(10)15/h3-6,8,16H,7H2,1-2H3,(H,17,18). The quantitative estimate of drug-likeness (QED) is 0.877. The smallest absolute Gasteiger partial charge is 0.135 e. The third kappa shape index (κ3) is 2.92. The Morgan fingerprint density at radius 1 is 1.33 bits per heavy atom. The maximum absolute atomic E-state index is 13.6. The summed E-state index contributed by atoms with van der Waals surface area (Å²) in [6.45, 7) is 4.65. The number of H-pyrrole nitrogens is 1. The van der Waals surface area contributed by atoms with E-state index < -0.39 is 11.6 Å². The lowest BCUT2D eigenvalue weighted by Gasteiger charge is -2.05. The van der Waals surface area contributed by atoms with Gasteiger partial charge in [0, 0.05) is 17.7 Å². The van der Waals surface area contributed by atoms with Gasteiger partial charge in [0.1, 0.15) is 17.5 Å². The first-order chi connectivity index (χ1) is 8.56. The number of halogens is 2. The van der Waals surface area contributed by atoms with Gasteiger partial charge in [0.25, 0.3) is 0 Å². The molecular weight excluding hydrogens is 236 g/mol. The first-order valence-electron chi connectivity index (χ1n) is 5.79. The number of benzene rings is 1. The van der Waals surface area contributed by atoms with E-state index in [0.29, 0.717) is 23.8 Å². The summed E-state index contributed by atoms with van der Waals surface area (Å²) in [5.41, 5.74) is 0.868. The zero-order valence-electron chi connectivity index (χ0n) is 10.3. The lowest BCUT2D eigenvalue weighted by molar-refractivity contribution is 0.575. The van der Waals surface area contributed by atoms with Gasteiger partial charge < -0.3 is 10.3 Å². The molecule has 5 heteroatoms. The molecule has 0 saturated carbocycles. The molecule has 0 unspecified atom stereocenters. The lowest BCUT2D eigenvalue weighted by atomic mass is 10.1. The van der Waals surface area contributed by atoms with E-state index in [2.05, 4.69) is 15.3 Å². The lowest BCUT2D eigenvalue weighted by Crippen LogP contribution is -2.22. The molecule has 0 saturated heterocycles. The van der Waals surface area contributed by atoms with Crippen molar-refractivity contribution in [3.63, 3.8) is 0 Å². The van der Waals surface area contributed by atoms with E-state index in [4.69, 9.17) is 0 Å². The second kappa shape index (κ2) is 5.27. The van der Waals surface area contributed by atoms with E-state index in [-0.39, 0.29) is 0 Å². The third-order valence-corrected chi connectivity index (χ3v) is 2.53. The summed E-state index contributed by atoms with van der Waals surface area (Å²) in [7, 11) is 0. The number of hydrogen-bond acceptors (Lipinski definition) is 2. The van der Waals surface area contributed by atoms with Crippen LogP contribution >= 0.6 is 0 Å². The molecule has 0 bridgehead atoms. The topological polar surface area (TPSA) is 40.7 Å². The number of aromatic nitrogens is 2. The highest BCUT2D eigenvalue weighted by molar-refractivity contribution is 5.59. The zero-order chi connectivity index (χ0) is 13.1. The van der Waals surface area contributed by atoms with Crippen molar-refractivity contribution >= 4 is 0 Å². The molecule has 0 fully saturated rings. The van der Waals surface area contributed by atoms with Crippen LogP contribution in [0.15, 0.2) is 24.4 Å². The molecule has 1 heterocycles. The van der Waals surface area contributed by atoms with Crippen LogP contribution < -0.4 is 5.32 Å². The summed E-state index contributed by atoms with van der Waals surface area (Å²) in [4.78, 5) is 7.16. The Morgan fingerprint density at radius 3 is 2.78 bits per heavy atom. The van der Waals surface area contributed by atoms with E-state index in [0.717, 1.165) is 11.9 Å². The minimum Gasteiger partial charge on any atom is -0.341 e. The summed E-state index contributed by atoms with van der Waals surface area (Å²) in [5, 5.41) is 3.20. The SMILES string of the molecule is CC(C)NCc1ncc(-c2ccc(F)cc2F)[nH]1. The van der Waals surface area contributed by atoms with Crippen molar-refractivity contribution in [2.75, 3.05) is 0 Å². The van der Waals surface area contributed by atoms with E-state index in [9.17, 15) is 8.78 Å². The molecule has 2 aromatic rings. The van der Waals surface area contributed by atoms with Gasteiger partial charge >= 0.3 is 0 Å². The Morgan fingerprint density at radius 2 is 2.11 bits per heavy atom. The van der Waals surface area contributed by atoms with Crippen LogP contribution in [-0.2, 0) is 6.54 Å². The Kier molecular flexibility index (Phi) is 3.72. The molecule has 0 aliphatic rings. The number of rotatable bonds is 4. The number of aromatic amines is 1. The molecule has 0 atom stereocenters. The summed E-state index contributed by atoms with van der Waals surface area (Å²) in [6.07, 6.45) is 1.55. The minimum absolute atomic E-state index is 0.319. The van der Waals surface area contributed by atoms with E-state index in [1.54, 1.807) is 6.20 Å². The molecule has 1 aromatic heterocycles. The molecule has 3 nitrogen and oxygen atoms in total. The van der Waals surface area contributed by atoms with Crippen LogP contribution in [0.3, 0.4) is 0 Å². The number of imidazole rings is 1. The van der Waals surface area contributed by atoms with Crippen LogP contribution in [0.4, 0.5) is 8.78 Å². The first kappa shape index (κ1) is 12.7. The van der Waals surface area contributed by atoms with Crippen molar-refractivity contribution in [2.45, 2.75) is 26.4 Å². The average molecular weight is 251 g/mol. The number of nitrogens with one attached hydrogen (secondary N) is 2. The van der Waals surface area contributed by atoms with E-state index in [1.807, 2.05) is 13.8 Å². The Hall–Kier alpha value is -1.75. The van der Waals surface area contributed by atoms with Gasteiger partial charge in [-0.1, -0.05) is 13.8 Å².